The van der Waals surface area contributed by atoms with Gasteiger partial charge in [-0.05, 0) is 69.9 Å². The molecular weight excluding hydrogens is 385 g/mol. The Morgan fingerprint density at radius 3 is 2.37 bits per heavy atom. The fourth-order valence-corrected chi connectivity index (χ4v) is 3.03. The number of esters is 1. The van der Waals surface area contributed by atoms with Crippen molar-refractivity contribution in [2.75, 3.05) is 6.61 Å². The number of carbonyl (C=O) groups is 1. The van der Waals surface area contributed by atoms with Crippen LogP contribution in [0.3, 0.4) is 0 Å². The summed E-state index contributed by atoms with van der Waals surface area (Å²) in [5.41, 5.74) is 0.754. The van der Waals surface area contributed by atoms with Gasteiger partial charge in [0.25, 0.3) is 5.82 Å². The van der Waals surface area contributed by atoms with E-state index in [9.17, 15) is 14.3 Å². The van der Waals surface area contributed by atoms with Crippen LogP contribution in [0.5, 0.6) is 0 Å². The summed E-state index contributed by atoms with van der Waals surface area (Å²) in [4.78, 5) is 12.0. The van der Waals surface area contributed by atoms with Crippen LogP contribution in [-0.2, 0) is 15.1 Å². The zero-order valence-corrected chi connectivity index (χ0v) is 17.4. The molecule has 7 heteroatoms. The summed E-state index contributed by atoms with van der Waals surface area (Å²) in [5, 5.41) is 17.9. The summed E-state index contributed by atoms with van der Waals surface area (Å²) >= 11 is 0. The third kappa shape index (κ3) is 4.40. The average molecular weight is 409 g/mol. The summed E-state index contributed by atoms with van der Waals surface area (Å²) in [6.45, 7) is 7.55. The van der Waals surface area contributed by atoms with E-state index < -0.39 is 23.1 Å². The standard InChI is InChI=1S/C23H24FN3O3/c1-5-30-20(29)15-19(28)22-26(18-13-11-17(24)12-14-18)21(16-9-7-6-8-10-16)25-27(22)23(2,3)4/h6-15H,5H2,1-4H3. The first-order valence-electron chi connectivity index (χ1n) is 9.65. The molecule has 0 amide bonds. The van der Waals surface area contributed by atoms with E-state index in [0.29, 0.717) is 11.5 Å². The van der Waals surface area contributed by atoms with Crippen molar-refractivity contribution in [3.05, 3.63) is 72.3 Å². The van der Waals surface area contributed by atoms with E-state index in [4.69, 9.17) is 9.84 Å². The Kier molecular flexibility index (Phi) is 6.01. The number of aromatic nitrogens is 3. The Hall–Kier alpha value is -3.48. The van der Waals surface area contributed by atoms with Gasteiger partial charge in [0, 0.05) is 11.2 Å². The van der Waals surface area contributed by atoms with Gasteiger partial charge in [-0.25, -0.2) is 9.18 Å². The number of hydrogen-bond acceptors (Lipinski definition) is 4. The van der Waals surface area contributed by atoms with Gasteiger partial charge < -0.3 is 9.84 Å². The third-order valence-corrected chi connectivity index (χ3v) is 4.33. The number of rotatable bonds is 5. The molecule has 6 nitrogen and oxygen atoms in total. The van der Waals surface area contributed by atoms with Gasteiger partial charge in [0.2, 0.25) is 0 Å². The second kappa shape index (κ2) is 8.49. The van der Waals surface area contributed by atoms with Crippen LogP contribution in [0.2, 0.25) is 0 Å². The maximum atomic E-state index is 13.6. The third-order valence-electron chi connectivity index (χ3n) is 4.33. The maximum Gasteiger partial charge on any atom is 0.330 e. The van der Waals surface area contributed by atoms with E-state index in [1.54, 1.807) is 28.3 Å². The maximum absolute atomic E-state index is 13.6. The molecule has 0 spiro atoms. The van der Waals surface area contributed by atoms with Gasteiger partial charge in [0.1, 0.15) is 17.0 Å². The first kappa shape index (κ1) is 21.2. The Balaban J connectivity index is 2.36. The molecule has 0 unspecified atom stereocenters. The molecule has 2 aromatic carbocycles. The van der Waals surface area contributed by atoms with Crippen LogP contribution in [0, 0.1) is 5.82 Å². The van der Waals surface area contributed by atoms with Gasteiger partial charge in [0.15, 0.2) is 0 Å². The summed E-state index contributed by atoms with van der Waals surface area (Å²) in [5.74, 6) is -1.01. The Bertz CT molecular complexity index is 1070. The van der Waals surface area contributed by atoms with Gasteiger partial charge in [-0.15, -0.1) is 4.68 Å². The molecule has 1 heterocycles. The van der Waals surface area contributed by atoms with E-state index >= 15 is 0 Å². The molecule has 3 aromatic rings. The van der Waals surface area contributed by atoms with Crippen molar-refractivity contribution in [2.45, 2.75) is 33.2 Å². The summed E-state index contributed by atoms with van der Waals surface area (Å²) in [6, 6.07) is 15.1. The second-order valence-electron chi connectivity index (χ2n) is 7.67. The number of hydrogen-bond donors (Lipinski definition) is 0. The monoisotopic (exact) mass is 409 g/mol. The molecule has 0 aliphatic rings. The fourth-order valence-electron chi connectivity index (χ4n) is 3.03. The highest BCUT2D eigenvalue weighted by molar-refractivity contribution is 5.88. The minimum atomic E-state index is -0.726. The fraction of sp³-hybridized carbons (Fsp3) is 0.261. The van der Waals surface area contributed by atoms with Gasteiger partial charge >= 0.3 is 11.8 Å². The highest BCUT2D eigenvalue weighted by Gasteiger charge is 2.34. The van der Waals surface area contributed by atoms with Crippen LogP contribution < -0.4 is 9.67 Å². The minimum absolute atomic E-state index is 0.161. The van der Waals surface area contributed by atoms with Crippen LogP contribution >= 0.6 is 0 Å². The van der Waals surface area contributed by atoms with E-state index in [0.717, 1.165) is 11.6 Å². The molecular formula is C23H24FN3O3. The topological polar surface area (TPSA) is 71.1 Å². The lowest BCUT2D eigenvalue weighted by atomic mass is 10.1. The van der Waals surface area contributed by atoms with Crippen LogP contribution in [0.1, 0.15) is 33.5 Å². The lowest BCUT2D eigenvalue weighted by Crippen LogP contribution is -2.40. The molecule has 0 aliphatic carbocycles. The summed E-state index contributed by atoms with van der Waals surface area (Å²) in [6.07, 6.45) is 0.914. The van der Waals surface area contributed by atoms with Crippen molar-refractivity contribution in [1.29, 1.82) is 0 Å². The highest BCUT2D eigenvalue weighted by atomic mass is 19.1. The van der Waals surface area contributed by atoms with Gasteiger partial charge in [-0.1, -0.05) is 18.2 Å². The van der Waals surface area contributed by atoms with Crippen LogP contribution in [-0.4, -0.2) is 22.4 Å². The molecule has 0 bridgehead atoms. The first-order chi connectivity index (χ1) is 14.2. The van der Waals surface area contributed by atoms with Crippen molar-refractivity contribution in [1.82, 2.24) is 9.78 Å². The number of benzene rings is 2. The van der Waals surface area contributed by atoms with Crippen molar-refractivity contribution in [3.8, 4) is 17.1 Å². The summed E-state index contributed by atoms with van der Waals surface area (Å²) < 4.78 is 21.7. The average Bonchev–Trinajstić information content (AvgIpc) is 3.10. The smallest absolute Gasteiger partial charge is 0.330 e. The van der Waals surface area contributed by atoms with Crippen LogP contribution in [0.15, 0.2) is 60.7 Å². The molecule has 1 aromatic heterocycles. The van der Waals surface area contributed by atoms with Crippen LogP contribution in [0.25, 0.3) is 22.8 Å². The van der Waals surface area contributed by atoms with Crippen molar-refractivity contribution in [3.63, 3.8) is 0 Å². The van der Waals surface area contributed by atoms with E-state index in [2.05, 4.69) is 0 Å². The van der Waals surface area contributed by atoms with Crippen molar-refractivity contribution >= 4 is 11.7 Å². The number of carbonyl (C=O) groups excluding carboxylic acids is 1. The molecule has 0 saturated carbocycles. The zero-order chi connectivity index (χ0) is 21.9. The molecule has 0 radical (unpaired) electrons. The summed E-state index contributed by atoms with van der Waals surface area (Å²) in [7, 11) is 0. The number of nitrogens with zero attached hydrogens (tertiary/aromatic N) is 3. The molecule has 30 heavy (non-hydrogen) atoms. The normalized spacial score (nSPS) is 12.1. The second-order valence-corrected chi connectivity index (χ2v) is 7.67. The Morgan fingerprint density at radius 1 is 1.17 bits per heavy atom. The Morgan fingerprint density at radius 2 is 1.80 bits per heavy atom. The predicted octanol–water partition coefficient (Wildman–Crippen LogP) is 2.99. The Labute approximate surface area is 174 Å². The van der Waals surface area contributed by atoms with Crippen molar-refractivity contribution in [2.24, 2.45) is 0 Å². The SMILES string of the molecule is CCOC(=O)/C=C(\[O-])c1n(C(C)(C)C)nc(-c2ccccc2)[n+]1-c1ccc(F)cc1. The molecule has 0 atom stereocenters. The quantitative estimate of drug-likeness (QED) is 0.281. The predicted molar refractivity (Wildman–Crippen MR) is 109 cm³/mol. The largest absolute Gasteiger partial charge is 0.868 e. The lowest BCUT2D eigenvalue weighted by Gasteiger charge is -2.18. The van der Waals surface area contributed by atoms with Crippen molar-refractivity contribution < 1.29 is 23.6 Å². The molecule has 0 aliphatic heterocycles. The molecule has 3 rings (SSSR count). The molecule has 0 fully saturated rings. The van der Waals surface area contributed by atoms with E-state index in [1.165, 1.54) is 12.1 Å². The van der Waals surface area contributed by atoms with E-state index in [-0.39, 0.29) is 12.4 Å². The van der Waals surface area contributed by atoms with Gasteiger partial charge in [-0.3, -0.25) is 0 Å². The first-order valence-corrected chi connectivity index (χ1v) is 9.65. The molecule has 156 valence electrons. The van der Waals surface area contributed by atoms with Gasteiger partial charge in [-0.2, -0.15) is 4.57 Å². The molecule has 0 saturated heterocycles. The van der Waals surface area contributed by atoms with Gasteiger partial charge in [0.05, 0.1) is 12.2 Å². The van der Waals surface area contributed by atoms with Crippen LogP contribution in [0.4, 0.5) is 4.39 Å². The number of halogens is 1. The van der Waals surface area contributed by atoms with E-state index in [1.807, 2.05) is 51.1 Å². The zero-order valence-electron chi connectivity index (χ0n) is 17.4. The molecule has 0 N–H and O–H groups in total. The highest BCUT2D eigenvalue weighted by Crippen LogP contribution is 2.24. The number of ether oxygens (including phenoxy) is 1. The lowest BCUT2D eigenvalue weighted by molar-refractivity contribution is -0.592. The minimum Gasteiger partial charge on any atom is -0.868 e.